The first kappa shape index (κ1) is 19.7. The van der Waals surface area contributed by atoms with Gasteiger partial charge in [0.25, 0.3) is 0 Å². The molecule has 1 saturated heterocycles. The van der Waals surface area contributed by atoms with Crippen molar-refractivity contribution in [3.63, 3.8) is 0 Å². The molecule has 0 spiro atoms. The number of hydrogen-bond acceptors (Lipinski definition) is 3. The van der Waals surface area contributed by atoms with E-state index in [2.05, 4.69) is 12.1 Å². The molecule has 0 unspecified atom stereocenters. The van der Waals surface area contributed by atoms with Crippen LogP contribution in [0.2, 0.25) is 0 Å². The Morgan fingerprint density at radius 3 is 2.14 bits per heavy atom. The Morgan fingerprint density at radius 2 is 1.55 bits per heavy atom. The van der Waals surface area contributed by atoms with Crippen LogP contribution in [-0.4, -0.2) is 36.8 Å². The van der Waals surface area contributed by atoms with Crippen molar-refractivity contribution in [1.29, 1.82) is 0 Å². The Hall–Kier alpha value is -2.62. The Balaban J connectivity index is 1.43. The van der Waals surface area contributed by atoms with Crippen LogP contribution in [0.15, 0.2) is 54.6 Å². The number of likely N-dealkylation sites (tertiary alicyclic amines) is 1. The maximum absolute atomic E-state index is 13.6. The van der Waals surface area contributed by atoms with Crippen LogP contribution in [0.4, 0.5) is 0 Å². The van der Waals surface area contributed by atoms with Gasteiger partial charge in [-0.05, 0) is 55.5 Å². The molecule has 152 valence electrons. The van der Waals surface area contributed by atoms with Crippen molar-refractivity contribution in [2.24, 2.45) is 5.92 Å². The summed E-state index contributed by atoms with van der Waals surface area (Å²) in [6.07, 6.45) is 5.55. The maximum Gasteiger partial charge on any atom is 0.233 e. The second-order valence-corrected chi connectivity index (χ2v) is 8.31. The van der Waals surface area contributed by atoms with E-state index in [9.17, 15) is 9.59 Å². The number of hydrogen-bond donors (Lipinski definition) is 0. The molecule has 0 N–H and O–H groups in total. The van der Waals surface area contributed by atoms with Crippen LogP contribution >= 0.6 is 0 Å². The molecule has 2 aromatic rings. The molecule has 4 nitrogen and oxygen atoms in total. The van der Waals surface area contributed by atoms with Crippen LogP contribution in [0.5, 0.6) is 5.75 Å². The van der Waals surface area contributed by atoms with E-state index in [4.69, 9.17) is 4.74 Å². The van der Waals surface area contributed by atoms with Crippen LogP contribution < -0.4 is 4.74 Å². The zero-order valence-corrected chi connectivity index (χ0v) is 17.1. The van der Waals surface area contributed by atoms with Crippen molar-refractivity contribution in [2.75, 3.05) is 20.2 Å². The minimum Gasteiger partial charge on any atom is -0.497 e. The van der Waals surface area contributed by atoms with Gasteiger partial charge in [-0.3, -0.25) is 9.59 Å². The van der Waals surface area contributed by atoms with Gasteiger partial charge in [-0.1, -0.05) is 43.2 Å². The van der Waals surface area contributed by atoms with E-state index in [-0.39, 0.29) is 23.0 Å². The molecule has 1 aliphatic heterocycles. The molecule has 4 heteroatoms. The SMILES string of the molecule is COc1ccc(C(=O)C2CCN(C(=O)C3(c4ccccc4)CCCC3)CC2)cc1. The minimum atomic E-state index is -0.367. The van der Waals surface area contributed by atoms with Crippen molar-refractivity contribution in [3.05, 3.63) is 65.7 Å². The maximum atomic E-state index is 13.6. The molecule has 0 bridgehead atoms. The van der Waals surface area contributed by atoms with E-state index in [0.29, 0.717) is 13.1 Å². The summed E-state index contributed by atoms with van der Waals surface area (Å²) >= 11 is 0. The molecule has 1 heterocycles. The fourth-order valence-corrected chi connectivity index (χ4v) is 5.00. The number of rotatable bonds is 5. The third-order valence-corrected chi connectivity index (χ3v) is 6.72. The van der Waals surface area contributed by atoms with Crippen LogP contribution in [0.3, 0.4) is 0 Å². The van der Waals surface area contributed by atoms with Gasteiger partial charge in [-0.25, -0.2) is 0 Å². The number of nitrogens with zero attached hydrogens (tertiary/aromatic N) is 1. The van der Waals surface area contributed by atoms with Gasteiger partial charge in [0.2, 0.25) is 5.91 Å². The first-order valence-electron chi connectivity index (χ1n) is 10.7. The number of amides is 1. The molecule has 1 saturated carbocycles. The topological polar surface area (TPSA) is 46.6 Å². The molecule has 0 aromatic heterocycles. The van der Waals surface area contributed by atoms with Crippen LogP contribution in [0.1, 0.15) is 54.4 Å². The third-order valence-electron chi connectivity index (χ3n) is 6.72. The highest BCUT2D eigenvalue weighted by Gasteiger charge is 2.45. The summed E-state index contributed by atoms with van der Waals surface area (Å²) in [5, 5.41) is 0. The summed E-state index contributed by atoms with van der Waals surface area (Å²) in [6.45, 7) is 1.33. The molecule has 0 atom stereocenters. The summed E-state index contributed by atoms with van der Waals surface area (Å²) in [4.78, 5) is 28.4. The molecule has 2 fully saturated rings. The Morgan fingerprint density at radius 1 is 0.931 bits per heavy atom. The minimum absolute atomic E-state index is 0.0105. The van der Waals surface area contributed by atoms with E-state index in [1.54, 1.807) is 7.11 Å². The highest BCUT2D eigenvalue weighted by molar-refractivity contribution is 5.98. The second kappa shape index (κ2) is 8.40. The summed E-state index contributed by atoms with van der Waals surface area (Å²) in [5.74, 6) is 1.18. The van der Waals surface area contributed by atoms with Crippen molar-refractivity contribution in [1.82, 2.24) is 4.90 Å². The lowest BCUT2D eigenvalue weighted by atomic mass is 9.77. The first-order valence-corrected chi connectivity index (χ1v) is 10.7. The molecule has 0 radical (unpaired) electrons. The lowest BCUT2D eigenvalue weighted by molar-refractivity contribution is -0.138. The number of ketones is 1. The van der Waals surface area contributed by atoms with Gasteiger partial charge in [-0.15, -0.1) is 0 Å². The number of carbonyl (C=O) groups excluding carboxylic acids is 2. The van der Waals surface area contributed by atoms with Gasteiger partial charge < -0.3 is 9.64 Å². The number of piperidine rings is 1. The van der Waals surface area contributed by atoms with Crippen LogP contribution in [0.25, 0.3) is 0 Å². The summed E-state index contributed by atoms with van der Waals surface area (Å²) in [7, 11) is 1.62. The molecule has 2 aromatic carbocycles. The van der Waals surface area contributed by atoms with Gasteiger partial charge in [0, 0.05) is 24.6 Å². The number of benzene rings is 2. The highest BCUT2D eigenvalue weighted by atomic mass is 16.5. The summed E-state index contributed by atoms with van der Waals surface area (Å²) in [5.41, 5.74) is 1.51. The molecule has 2 aliphatic rings. The van der Waals surface area contributed by atoms with Gasteiger partial charge in [0.15, 0.2) is 5.78 Å². The predicted octanol–water partition coefficient (Wildman–Crippen LogP) is 4.63. The fourth-order valence-electron chi connectivity index (χ4n) is 5.00. The molecule has 4 rings (SSSR count). The van der Waals surface area contributed by atoms with Gasteiger partial charge in [0.1, 0.15) is 5.75 Å². The van der Waals surface area contributed by atoms with Crippen LogP contribution in [0, 0.1) is 5.92 Å². The first-order chi connectivity index (χ1) is 14.1. The molecule has 1 aliphatic carbocycles. The second-order valence-electron chi connectivity index (χ2n) is 8.31. The largest absolute Gasteiger partial charge is 0.497 e. The smallest absolute Gasteiger partial charge is 0.233 e. The van der Waals surface area contributed by atoms with Crippen molar-refractivity contribution >= 4 is 11.7 Å². The number of Topliss-reactive ketones (excluding diaryl/α,β-unsaturated/α-hetero) is 1. The van der Waals surface area contributed by atoms with Crippen molar-refractivity contribution in [3.8, 4) is 5.75 Å². The van der Waals surface area contributed by atoms with Crippen molar-refractivity contribution in [2.45, 2.75) is 43.9 Å². The van der Waals surface area contributed by atoms with E-state index in [0.717, 1.165) is 55.4 Å². The predicted molar refractivity (Wildman–Crippen MR) is 113 cm³/mol. The summed E-state index contributed by atoms with van der Waals surface area (Å²) < 4.78 is 5.17. The summed E-state index contributed by atoms with van der Waals surface area (Å²) in [6, 6.07) is 17.6. The zero-order valence-electron chi connectivity index (χ0n) is 17.1. The quantitative estimate of drug-likeness (QED) is 0.698. The standard InChI is InChI=1S/C25H29NO3/c1-29-22-11-9-19(10-12-22)23(27)20-13-17-26(18-14-20)24(28)25(15-5-6-16-25)21-7-3-2-4-8-21/h2-4,7-12,20H,5-6,13-18H2,1H3. The van der Waals surface area contributed by atoms with E-state index >= 15 is 0 Å². The fraction of sp³-hybridized carbons (Fsp3) is 0.440. The molecular weight excluding hydrogens is 362 g/mol. The normalized spacial score (nSPS) is 19.1. The third kappa shape index (κ3) is 3.81. The van der Waals surface area contributed by atoms with Gasteiger partial charge >= 0.3 is 0 Å². The Labute approximate surface area is 172 Å². The molecule has 1 amide bonds. The van der Waals surface area contributed by atoms with Crippen LogP contribution in [-0.2, 0) is 10.2 Å². The average molecular weight is 392 g/mol. The van der Waals surface area contributed by atoms with Gasteiger partial charge in [0.05, 0.1) is 12.5 Å². The zero-order chi connectivity index (χ0) is 20.3. The van der Waals surface area contributed by atoms with Crippen molar-refractivity contribution < 1.29 is 14.3 Å². The molecular formula is C25H29NO3. The lowest BCUT2D eigenvalue weighted by Crippen LogP contribution is -2.49. The average Bonchev–Trinajstić information content (AvgIpc) is 3.30. The monoisotopic (exact) mass is 391 g/mol. The van der Waals surface area contributed by atoms with E-state index < -0.39 is 0 Å². The van der Waals surface area contributed by atoms with E-state index in [1.165, 1.54) is 0 Å². The number of ether oxygens (including phenoxy) is 1. The highest BCUT2D eigenvalue weighted by Crippen LogP contribution is 2.43. The van der Waals surface area contributed by atoms with Gasteiger partial charge in [-0.2, -0.15) is 0 Å². The Bertz CT molecular complexity index is 845. The van der Waals surface area contributed by atoms with E-state index in [1.807, 2.05) is 47.4 Å². The Kier molecular flexibility index (Phi) is 5.70. The number of methoxy groups -OCH3 is 1. The number of carbonyl (C=O) groups is 2. The molecule has 29 heavy (non-hydrogen) atoms. The lowest BCUT2D eigenvalue weighted by Gasteiger charge is -2.38.